The number of benzene rings is 1. The monoisotopic (exact) mass is 339 g/mol. The van der Waals surface area contributed by atoms with Crippen LogP contribution in [0.3, 0.4) is 0 Å². The van der Waals surface area contributed by atoms with E-state index in [1.54, 1.807) is 10.9 Å². The van der Waals surface area contributed by atoms with Gasteiger partial charge >= 0.3 is 0 Å². The van der Waals surface area contributed by atoms with Crippen molar-refractivity contribution in [1.82, 2.24) is 24.4 Å². The standard InChI is InChI=1S/C17H14ClN5O/c1-11-16(12-4-2-5-13(18)8-12)21-23-15(24)9-14(20-17(11)23)10-22-7-3-6-19-22/h2-9,21H,10H2,1H3. The minimum atomic E-state index is -0.154. The highest BCUT2D eigenvalue weighted by Gasteiger charge is 2.14. The lowest BCUT2D eigenvalue weighted by Crippen LogP contribution is -2.17. The molecular weight excluding hydrogens is 326 g/mol. The fourth-order valence-corrected chi connectivity index (χ4v) is 2.95. The van der Waals surface area contributed by atoms with E-state index in [1.807, 2.05) is 43.5 Å². The Bertz CT molecular complexity index is 1080. The topological polar surface area (TPSA) is 68.0 Å². The van der Waals surface area contributed by atoms with E-state index in [-0.39, 0.29) is 5.56 Å². The largest absolute Gasteiger partial charge is 0.289 e. The van der Waals surface area contributed by atoms with Crippen LogP contribution in [0.4, 0.5) is 0 Å². The van der Waals surface area contributed by atoms with Crippen LogP contribution >= 0.6 is 11.6 Å². The van der Waals surface area contributed by atoms with Crippen molar-refractivity contribution < 1.29 is 0 Å². The van der Waals surface area contributed by atoms with Gasteiger partial charge in [-0.3, -0.25) is 14.6 Å². The first-order valence-electron chi connectivity index (χ1n) is 7.46. The summed E-state index contributed by atoms with van der Waals surface area (Å²) in [6.07, 6.45) is 3.54. The first-order chi connectivity index (χ1) is 11.6. The molecule has 0 bridgehead atoms. The number of aromatic amines is 1. The molecule has 0 spiro atoms. The van der Waals surface area contributed by atoms with Crippen molar-refractivity contribution in [3.8, 4) is 11.3 Å². The highest BCUT2D eigenvalue weighted by molar-refractivity contribution is 6.30. The minimum absolute atomic E-state index is 0.154. The van der Waals surface area contributed by atoms with Crippen LogP contribution in [0.5, 0.6) is 0 Å². The Morgan fingerprint density at radius 1 is 1.25 bits per heavy atom. The lowest BCUT2D eigenvalue weighted by Gasteiger charge is -2.01. The number of rotatable bonds is 3. The number of H-pyrrole nitrogens is 1. The molecule has 0 aliphatic heterocycles. The summed E-state index contributed by atoms with van der Waals surface area (Å²) in [6.45, 7) is 2.39. The van der Waals surface area contributed by atoms with Gasteiger partial charge in [0.2, 0.25) is 0 Å². The van der Waals surface area contributed by atoms with Crippen LogP contribution < -0.4 is 5.56 Å². The molecule has 0 atom stereocenters. The van der Waals surface area contributed by atoms with E-state index in [1.165, 1.54) is 10.6 Å². The van der Waals surface area contributed by atoms with Crippen molar-refractivity contribution in [1.29, 1.82) is 0 Å². The van der Waals surface area contributed by atoms with Crippen LogP contribution in [0, 0.1) is 6.92 Å². The van der Waals surface area contributed by atoms with Crippen molar-refractivity contribution in [3.05, 3.63) is 75.4 Å². The Hall–Kier alpha value is -2.86. The summed E-state index contributed by atoms with van der Waals surface area (Å²) >= 11 is 6.07. The number of halogens is 1. The maximum Gasteiger partial charge on any atom is 0.272 e. The van der Waals surface area contributed by atoms with Gasteiger partial charge in [-0.1, -0.05) is 23.7 Å². The summed E-state index contributed by atoms with van der Waals surface area (Å²) in [5.74, 6) is 0. The zero-order valence-electron chi connectivity index (χ0n) is 12.9. The summed E-state index contributed by atoms with van der Waals surface area (Å²) in [6, 6.07) is 10.8. The van der Waals surface area contributed by atoms with Gasteiger partial charge in [0.05, 0.1) is 17.9 Å². The second-order valence-corrected chi connectivity index (χ2v) is 6.01. The quantitative estimate of drug-likeness (QED) is 0.624. The van der Waals surface area contributed by atoms with Gasteiger partial charge in [0.15, 0.2) is 5.65 Å². The van der Waals surface area contributed by atoms with E-state index in [2.05, 4.69) is 15.2 Å². The van der Waals surface area contributed by atoms with Crippen molar-refractivity contribution >= 4 is 17.2 Å². The first kappa shape index (κ1) is 14.7. The molecule has 24 heavy (non-hydrogen) atoms. The molecule has 0 unspecified atom stereocenters. The number of aryl methyl sites for hydroxylation is 1. The summed E-state index contributed by atoms with van der Waals surface area (Å²) in [7, 11) is 0. The molecular formula is C17H14ClN5O. The van der Waals surface area contributed by atoms with E-state index < -0.39 is 0 Å². The molecule has 6 nitrogen and oxygen atoms in total. The second kappa shape index (κ2) is 5.65. The zero-order chi connectivity index (χ0) is 16.7. The summed E-state index contributed by atoms with van der Waals surface area (Å²) in [4.78, 5) is 17.0. The van der Waals surface area contributed by atoms with Gasteiger partial charge in [-0.15, -0.1) is 0 Å². The van der Waals surface area contributed by atoms with Crippen molar-refractivity contribution in [2.75, 3.05) is 0 Å². The third-order valence-corrected chi connectivity index (χ3v) is 4.14. The maximum absolute atomic E-state index is 12.4. The Labute approximate surface area is 142 Å². The molecule has 0 amide bonds. The van der Waals surface area contributed by atoms with E-state index in [4.69, 9.17) is 11.6 Å². The highest BCUT2D eigenvalue weighted by atomic mass is 35.5. The summed E-state index contributed by atoms with van der Waals surface area (Å²) < 4.78 is 3.19. The van der Waals surface area contributed by atoms with Gasteiger partial charge in [0.25, 0.3) is 5.56 Å². The lowest BCUT2D eigenvalue weighted by molar-refractivity contribution is 0.669. The average Bonchev–Trinajstić information content (AvgIpc) is 3.17. The van der Waals surface area contributed by atoms with Gasteiger partial charge in [-0.2, -0.15) is 5.10 Å². The van der Waals surface area contributed by atoms with Gasteiger partial charge in [0.1, 0.15) is 0 Å². The predicted octanol–water partition coefficient (Wildman–Crippen LogP) is 2.90. The van der Waals surface area contributed by atoms with Gasteiger partial charge in [-0.25, -0.2) is 9.50 Å². The van der Waals surface area contributed by atoms with Crippen LogP contribution in [-0.2, 0) is 6.54 Å². The molecule has 3 heterocycles. The fraction of sp³-hybridized carbons (Fsp3) is 0.118. The third-order valence-electron chi connectivity index (χ3n) is 3.90. The molecule has 1 N–H and O–H groups in total. The average molecular weight is 340 g/mol. The SMILES string of the molecule is Cc1c(-c2cccc(Cl)c2)[nH]n2c(=O)cc(Cn3cccn3)nc12. The molecule has 0 aliphatic rings. The van der Waals surface area contributed by atoms with Crippen LogP contribution in [0.15, 0.2) is 53.6 Å². The molecule has 0 radical (unpaired) electrons. The van der Waals surface area contributed by atoms with Gasteiger partial charge in [-0.05, 0) is 25.1 Å². The van der Waals surface area contributed by atoms with Crippen LogP contribution in [0.2, 0.25) is 5.02 Å². The van der Waals surface area contributed by atoms with E-state index in [0.29, 0.717) is 22.9 Å². The fourth-order valence-electron chi connectivity index (χ4n) is 2.76. The molecule has 0 saturated heterocycles. The molecule has 7 heteroatoms. The lowest BCUT2D eigenvalue weighted by atomic mass is 10.1. The van der Waals surface area contributed by atoms with Crippen molar-refractivity contribution in [2.24, 2.45) is 0 Å². The molecule has 0 aliphatic carbocycles. The zero-order valence-corrected chi connectivity index (χ0v) is 13.7. The molecule has 4 rings (SSSR count). The Balaban J connectivity index is 1.86. The van der Waals surface area contributed by atoms with Gasteiger partial charge in [0, 0.05) is 34.6 Å². The minimum Gasteiger partial charge on any atom is -0.289 e. The first-order valence-corrected chi connectivity index (χ1v) is 7.84. The number of nitrogens with zero attached hydrogens (tertiary/aromatic N) is 4. The second-order valence-electron chi connectivity index (χ2n) is 5.57. The molecule has 120 valence electrons. The Morgan fingerprint density at radius 3 is 2.88 bits per heavy atom. The predicted molar refractivity (Wildman–Crippen MR) is 92.3 cm³/mol. The number of hydrogen-bond donors (Lipinski definition) is 1. The molecule has 4 aromatic rings. The van der Waals surface area contributed by atoms with Crippen molar-refractivity contribution in [2.45, 2.75) is 13.5 Å². The van der Waals surface area contributed by atoms with Crippen molar-refractivity contribution in [3.63, 3.8) is 0 Å². The number of fused-ring (bicyclic) bond motifs is 1. The van der Waals surface area contributed by atoms with Crippen LogP contribution in [-0.4, -0.2) is 24.4 Å². The van der Waals surface area contributed by atoms with Gasteiger partial charge < -0.3 is 0 Å². The number of nitrogens with one attached hydrogen (secondary N) is 1. The smallest absolute Gasteiger partial charge is 0.272 e. The number of hydrogen-bond acceptors (Lipinski definition) is 3. The molecule has 1 aromatic carbocycles. The summed E-state index contributed by atoms with van der Waals surface area (Å²) in [5, 5.41) is 7.92. The number of aromatic nitrogens is 5. The van der Waals surface area contributed by atoms with Crippen LogP contribution in [0.25, 0.3) is 16.9 Å². The molecule has 0 saturated carbocycles. The Kier molecular flexibility index (Phi) is 3.46. The van der Waals surface area contributed by atoms with E-state index >= 15 is 0 Å². The summed E-state index contributed by atoms with van der Waals surface area (Å²) in [5.41, 5.74) is 3.77. The Morgan fingerprint density at radius 2 is 2.12 bits per heavy atom. The molecule has 0 fully saturated rings. The normalized spacial score (nSPS) is 11.2. The maximum atomic E-state index is 12.4. The van der Waals surface area contributed by atoms with E-state index in [9.17, 15) is 4.79 Å². The van der Waals surface area contributed by atoms with E-state index in [0.717, 1.165) is 16.8 Å². The molecule has 3 aromatic heterocycles. The third kappa shape index (κ3) is 2.51. The van der Waals surface area contributed by atoms with Crippen LogP contribution in [0.1, 0.15) is 11.3 Å². The highest BCUT2D eigenvalue weighted by Crippen LogP contribution is 2.26.